The molecule has 116 valence electrons. The van der Waals surface area contributed by atoms with Crippen LogP contribution in [0.4, 0.5) is 18.9 Å². The Bertz CT molecular complexity index is 527. The van der Waals surface area contributed by atoms with E-state index in [0.717, 1.165) is 37.5 Å². The SMILES string of the molecule is CC(CC1CC1)NC(=O)c1cc(C(F)(F)F)ccc1NN. The van der Waals surface area contributed by atoms with Gasteiger partial charge in [0, 0.05) is 6.04 Å². The highest BCUT2D eigenvalue weighted by atomic mass is 19.4. The van der Waals surface area contributed by atoms with Crippen molar-refractivity contribution in [1.82, 2.24) is 5.32 Å². The molecule has 21 heavy (non-hydrogen) atoms. The molecule has 1 aromatic carbocycles. The Hall–Kier alpha value is -1.76. The maximum absolute atomic E-state index is 12.7. The van der Waals surface area contributed by atoms with Crippen LogP contribution in [0.2, 0.25) is 0 Å². The number of carbonyl (C=O) groups is 1. The molecule has 0 aliphatic heterocycles. The number of anilines is 1. The molecule has 0 bridgehead atoms. The van der Waals surface area contributed by atoms with Gasteiger partial charge in [-0.2, -0.15) is 13.2 Å². The third-order valence-electron chi connectivity index (χ3n) is 3.51. The van der Waals surface area contributed by atoms with Crippen molar-refractivity contribution in [2.75, 3.05) is 5.43 Å². The summed E-state index contributed by atoms with van der Waals surface area (Å²) < 4.78 is 38.2. The van der Waals surface area contributed by atoms with E-state index in [2.05, 4.69) is 10.7 Å². The van der Waals surface area contributed by atoms with Gasteiger partial charge in [-0.1, -0.05) is 12.8 Å². The fourth-order valence-electron chi connectivity index (χ4n) is 2.25. The van der Waals surface area contributed by atoms with Crippen LogP contribution >= 0.6 is 0 Å². The van der Waals surface area contributed by atoms with E-state index in [0.29, 0.717) is 5.92 Å². The van der Waals surface area contributed by atoms with Gasteiger partial charge in [-0.25, -0.2) is 0 Å². The first-order valence-electron chi connectivity index (χ1n) is 6.80. The van der Waals surface area contributed by atoms with Crippen molar-refractivity contribution in [3.63, 3.8) is 0 Å². The third-order valence-corrected chi connectivity index (χ3v) is 3.51. The predicted molar refractivity (Wildman–Crippen MR) is 73.5 cm³/mol. The molecule has 7 heteroatoms. The molecule has 1 amide bonds. The minimum atomic E-state index is -4.50. The van der Waals surface area contributed by atoms with Gasteiger partial charge < -0.3 is 10.7 Å². The molecule has 1 aliphatic carbocycles. The van der Waals surface area contributed by atoms with Crippen molar-refractivity contribution in [1.29, 1.82) is 0 Å². The molecule has 4 nitrogen and oxygen atoms in total. The standard InChI is InChI=1S/C14H18F3N3O/c1-8(6-9-2-3-9)19-13(21)11-7-10(14(15,16)17)4-5-12(11)20-18/h4-5,7-9,20H,2-3,6,18H2,1H3,(H,19,21). The fraction of sp³-hybridized carbons (Fsp3) is 0.500. The quantitative estimate of drug-likeness (QED) is 0.578. The number of nitrogens with one attached hydrogen (secondary N) is 2. The molecule has 0 heterocycles. The van der Waals surface area contributed by atoms with Crippen LogP contribution in [0.25, 0.3) is 0 Å². The van der Waals surface area contributed by atoms with Crippen molar-refractivity contribution in [2.24, 2.45) is 11.8 Å². The summed E-state index contributed by atoms with van der Waals surface area (Å²) in [4.78, 5) is 12.1. The molecule has 2 rings (SSSR count). The lowest BCUT2D eigenvalue weighted by molar-refractivity contribution is -0.137. The van der Waals surface area contributed by atoms with E-state index in [4.69, 9.17) is 5.84 Å². The molecule has 0 aromatic heterocycles. The summed E-state index contributed by atoms with van der Waals surface area (Å²) in [5, 5.41) is 2.72. The van der Waals surface area contributed by atoms with Crippen molar-refractivity contribution >= 4 is 11.6 Å². The van der Waals surface area contributed by atoms with E-state index < -0.39 is 17.6 Å². The van der Waals surface area contributed by atoms with E-state index >= 15 is 0 Å². The van der Waals surface area contributed by atoms with E-state index in [1.54, 1.807) is 0 Å². The number of hydrogen-bond acceptors (Lipinski definition) is 3. The Morgan fingerprint density at radius 2 is 2.10 bits per heavy atom. The van der Waals surface area contributed by atoms with Crippen LogP contribution in [-0.2, 0) is 6.18 Å². The maximum Gasteiger partial charge on any atom is 0.416 e. The molecular weight excluding hydrogens is 283 g/mol. The Labute approximate surface area is 120 Å². The van der Waals surface area contributed by atoms with E-state index in [-0.39, 0.29) is 17.3 Å². The summed E-state index contributed by atoms with van der Waals surface area (Å²) >= 11 is 0. The molecule has 1 atom stereocenters. The smallest absolute Gasteiger partial charge is 0.350 e. The van der Waals surface area contributed by atoms with Crippen LogP contribution in [0.15, 0.2) is 18.2 Å². The number of benzene rings is 1. The molecule has 1 fully saturated rings. The minimum Gasteiger partial charge on any atom is -0.350 e. The Kier molecular flexibility index (Phi) is 4.41. The van der Waals surface area contributed by atoms with Crippen LogP contribution in [-0.4, -0.2) is 11.9 Å². The summed E-state index contributed by atoms with van der Waals surface area (Å²) in [7, 11) is 0. The number of rotatable bonds is 5. The van der Waals surface area contributed by atoms with Crippen LogP contribution < -0.4 is 16.6 Å². The lowest BCUT2D eigenvalue weighted by Gasteiger charge is -2.16. The van der Waals surface area contributed by atoms with Crippen LogP contribution in [0.5, 0.6) is 0 Å². The van der Waals surface area contributed by atoms with Gasteiger partial charge in [0.2, 0.25) is 0 Å². The average molecular weight is 301 g/mol. The predicted octanol–water partition coefficient (Wildman–Crippen LogP) is 2.91. The van der Waals surface area contributed by atoms with E-state index in [1.807, 2.05) is 6.92 Å². The second kappa shape index (κ2) is 5.93. The molecule has 1 aliphatic rings. The van der Waals surface area contributed by atoms with Crippen molar-refractivity contribution in [3.8, 4) is 0 Å². The Balaban J connectivity index is 2.16. The number of nitrogen functional groups attached to an aromatic ring is 1. The molecule has 4 N–H and O–H groups in total. The molecule has 0 radical (unpaired) electrons. The van der Waals surface area contributed by atoms with Gasteiger partial charge in [0.1, 0.15) is 0 Å². The van der Waals surface area contributed by atoms with Crippen LogP contribution in [0, 0.1) is 5.92 Å². The number of hydrogen-bond donors (Lipinski definition) is 3. The highest BCUT2D eigenvalue weighted by Gasteiger charge is 2.32. The molecule has 1 saturated carbocycles. The summed E-state index contributed by atoms with van der Waals surface area (Å²) in [6.07, 6.45) is -1.35. The van der Waals surface area contributed by atoms with Crippen molar-refractivity contribution in [3.05, 3.63) is 29.3 Å². The monoisotopic (exact) mass is 301 g/mol. The van der Waals surface area contributed by atoms with Gasteiger partial charge in [-0.3, -0.25) is 10.6 Å². The maximum atomic E-state index is 12.7. The van der Waals surface area contributed by atoms with E-state index in [9.17, 15) is 18.0 Å². The zero-order valence-corrected chi connectivity index (χ0v) is 11.6. The number of amides is 1. The van der Waals surface area contributed by atoms with E-state index in [1.165, 1.54) is 0 Å². The number of hydrazine groups is 1. The summed E-state index contributed by atoms with van der Waals surface area (Å²) in [6.45, 7) is 1.85. The van der Waals surface area contributed by atoms with Gasteiger partial charge in [0.15, 0.2) is 0 Å². The first-order chi connectivity index (χ1) is 9.81. The van der Waals surface area contributed by atoms with Gasteiger partial charge in [0.25, 0.3) is 5.91 Å². The zero-order valence-electron chi connectivity index (χ0n) is 11.6. The molecule has 0 saturated heterocycles. The second-order valence-electron chi connectivity index (χ2n) is 5.46. The van der Waals surface area contributed by atoms with Gasteiger partial charge in [-0.05, 0) is 37.5 Å². The number of carbonyl (C=O) groups excluding carboxylic acids is 1. The zero-order chi connectivity index (χ0) is 15.6. The van der Waals surface area contributed by atoms with Crippen LogP contribution in [0.3, 0.4) is 0 Å². The fourth-order valence-corrected chi connectivity index (χ4v) is 2.25. The summed E-state index contributed by atoms with van der Waals surface area (Å²) in [5.41, 5.74) is 1.44. The molecular formula is C14H18F3N3O. The highest BCUT2D eigenvalue weighted by Crippen LogP contribution is 2.34. The van der Waals surface area contributed by atoms with Crippen molar-refractivity contribution < 1.29 is 18.0 Å². The summed E-state index contributed by atoms with van der Waals surface area (Å²) in [6, 6.07) is 2.78. The second-order valence-corrected chi connectivity index (χ2v) is 5.46. The van der Waals surface area contributed by atoms with Gasteiger partial charge in [-0.15, -0.1) is 0 Å². The number of nitrogens with two attached hydrogens (primary N) is 1. The first kappa shape index (κ1) is 15.6. The number of alkyl halides is 3. The highest BCUT2D eigenvalue weighted by molar-refractivity contribution is 5.99. The number of halogens is 3. The van der Waals surface area contributed by atoms with Crippen molar-refractivity contribution in [2.45, 2.75) is 38.4 Å². The lowest BCUT2D eigenvalue weighted by atomic mass is 10.1. The lowest BCUT2D eigenvalue weighted by Crippen LogP contribution is -2.33. The first-order valence-corrected chi connectivity index (χ1v) is 6.80. The molecule has 1 unspecified atom stereocenters. The Morgan fingerprint density at radius 1 is 1.43 bits per heavy atom. The third kappa shape index (κ3) is 4.10. The molecule has 0 spiro atoms. The normalized spacial score (nSPS) is 16.4. The average Bonchev–Trinajstić information content (AvgIpc) is 3.20. The Morgan fingerprint density at radius 3 is 2.62 bits per heavy atom. The summed E-state index contributed by atoms with van der Waals surface area (Å²) in [5.74, 6) is 5.32. The minimum absolute atomic E-state index is 0.0785. The van der Waals surface area contributed by atoms with Gasteiger partial charge in [0.05, 0.1) is 16.8 Å². The topological polar surface area (TPSA) is 67.2 Å². The van der Waals surface area contributed by atoms with Gasteiger partial charge >= 0.3 is 6.18 Å². The largest absolute Gasteiger partial charge is 0.416 e. The molecule has 1 aromatic rings. The van der Waals surface area contributed by atoms with Crippen LogP contribution in [0.1, 0.15) is 42.1 Å².